The molecule has 0 bridgehead atoms. The zero-order valence-electron chi connectivity index (χ0n) is 23.8. The van der Waals surface area contributed by atoms with E-state index in [1.165, 1.54) is 19.1 Å². The predicted octanol–water partition coefficient (Wildman–Crippen LogP) is 3.47. The molecule has 0 radical (unpaired) electrons. The number of para-hydroxylation sites is 1. The van der Waals surface area contributed by atoms with Gasteiger partial charge in [-0.2, -0.15) is 15.1 Å². The molecule has 0 aliphatic heterocycles. The Morgan fingerprint density at radius 3 is 2.50 bits per heavy atom. The van der Waals surface area contributed by atoms with Crippen molar-refractivity contribution in [2.24, 2.45) is 0 Å². The van der Waals surface area contributed by atoms with Crippen LogP contribution in [0.2, 0.25) is 0 Å². The van der Waals surface area contributed by atoms with Crippen molar-refractivity contribution in [1.82, 2.24) is 24.6 Å². The Kier molecular flexibility index (Phi) is 11.2. The number of halogens is 2. The van der Waals surface area contributed by atoms with E-state index in [-0.39, 0.29) is 35.3 Å². The van der Waals surface area contributed by atoms with Crippen LogP contribution in [0.3, 0.4) is 0 Å². The second-order valence-electron chi connectivity index (χ2n) is 9.34. The first kappa shape index (κ1) is 33.1. The Labute approximate surface area is 241 Å². The monoisotopic (exact) mass is 616 g/mol. The van der Waals surface area contributed by atoms with Gasteiger partial charge < -0.3 is 29.6 Å². The number of imidazole rings is 1. The van der Waals surface area contributed by atoms with E-state index in [4.69, 9.17) is 29.0 Å². The number of carbonyl (C=O) groups is 1. The first-order chi connectivity index (χ1) is 19.8. The molecule has 17 heteroatoms. The third-order valence-corrected chi connectivity index (χ3v) is 7.17. The van der Waals surface area contributed by atoms with Crippen molar-refractivity contribution in [3.8, 4) is 11.6 Å². The second-order valence-corrected chi connectivity index (χ2v) is 11.0. The summed E-state index contributed by atoms with van der Waals surface area (Å²) in [6.07, 6.45) is -3.04. The highest BCUT2D eigenvalue weighted by molar-refractivity contribution is 7.52. The molecule has 0 fully saturated rings. The molecule has 3 rings (SSSR count). The number of carbonyl (C=O) groups excluding carboxylic acids is 1. The molecule has 4 N–H and O–H groups in total. The molecule has 0 spiro atoms. The minimum Gasteiger partial charge on any atom is -0.476 e. The summed E-state index contributed by atoms with van der Waals surface area (Å²) in [7, 11) is -4.55. The molecule has 14 nitrogen and oxygen atoms in total. The van der Waals surface area contributed by atoms with Gasteiger partial charge in [-0.25, -0.2) is 18.3 Å². The molecule has 0 amide bonds. The average molecular weight is 617 g/mol. The second kappa shape index (κ2) is 14.2. The van der Waals surface area contributed by atoms with Gasteiger partial charge in [0, 0.05) is 0 Å². The van der Waals surface area contributed by atoms with Crippen molar-refractivity contribution in [2.75, 3.05) is 25.6 Å². The normalized spacial score (nSPS) is 16.8. The highest BCUT2D eigenvalue weighted by Gasteiger charge is 2.44. The number of hydrogen-bond donors (Lipinski definition) is 3. The van der Waals surface area contributed by atoms with E-state index in [2.05, 4.69) is 20.0 Å². The molecule has 3 aromatic rings. The summed E-state index contributed by atoms with van der Waals surface area (Å²) in [5.74, 6) is -4.06. The number of anilines is 1. The number of alkyl halides is 2. The number of hydrogen-bond acceptors (Lipinski definition) is 12. The molecule has 1 unspecified atom stereocenters. The van der Waals surface area contributed by atoms with E-state index in [9.17, 15) is 18.9 Å². The number of aliphatic hydroxyl groups is 1. The van der Waals surface area contributed by atoms with Crippen LogP contribution in [0.5, 0.6) is 11.6 Å². The highest BCUT2D eigenvalue weighted by atomic mass is 31.2. The quantitative estimate of drug-likeness (QED) is 0.157. The van der Waals surface area contributed by atoms with Crippen LogP contribution < -0.4 is 20.1 Å². The molecule has 232 valence electrons. The Balaban J connectivity index is 1.89. The lowest BCUT2D eigenvalue weighted by atomic mass is 10.2. The van der Waals surface area contributed by atoms with Crippen LogP contribution in [0, 0.1) is 0 Å². The Morgan fingerprint density at radius 1 is 1.21 bits per heavy atom. The molecular formula is C25H35F2N6O8P. The summed E-state index contributed by atoms with van der Waals surface area (Å²) in [6, 6.07) is 6.54. The maximum absolute atomic E-state index is 16.2. The van der Waals surface area contributed by atoms with Gasteiger partial charge in [-0.15, -0.1) is 0 Å². The SMILES string of the molecule is CCOc1nc(N)nc2c1ncn2[C@@H](CF)O[C@](F)(CO[P@@](=O)(NC(C)C(=O)OC(C)C)Oc1ccccc1)[C@H](C)O. The van der Waals surface area contributed by atoms with Gasteiger partial charge in [-0.3, -0.25) is 13.9 Å². The Hall–Kier alpha value is -3.43. The Bertz CT molecular complexity index is 1380. The van der Waals surface area contributed by atoms with Gasteiger partial charge in [0.05, 0.1) is 19.0 Å². The number of benzene rings is 1. The summed E-state index contributed by atoms with van der Waals surface area (Å²) >= 11 is 0. The summed E-state index contributed by atoms with van der Waals surface area (Å²) in [6.45, 7) is 5.01. The number of aromatic nitrogens is 4. The molecule has 5 atom stereocenters. The van der Waals surface area contributed by atoms with Crippen molar-refractivity contribution in [3.63, 3.8) is 0 Å². The number of rotatable bonds is 16. The summed E-state index contributed by atoms with van der Waals surface area (Å²) in [4.78, 5) is 24.5. The van der Waals surface area contributed by atoms with Crippen molar-refractivity contribution in [3.05, 3.63) is 36.7 Å². The third-order valence-electron chi connectivity index (χ3n) is 5.54. The van der Waals surface area contributed by atoms with Crippen LogP contribution in [0.25, 0.3) is 11.2 Å². The van der Waals surface area contributed by atoms with Gasteiger partial charge in [-0.05, 0) is 46.8 Å². The minimum atomic E-state index is -4.55. The van der Waals surface area contributed by atoms with Crippen molar-refractivity contribution in [1.29, 1.82) is 0 Å². The van der Waals surface area contributed by atoms with Gasteiger partial charge in [0.25, 0.3) is 5.85 Å². The molecular weight excluding hydrogens is 581 g/mol. The average Bonchev–Trinajstić information content (AvgIpc) is 3.34. The highest BCUT2D eigenvalue weighted by Crippen LogP contribution is 2.46. The van der Waals surface area contributed by atoms with Crippen molar-refractivity contribution in [2.45, 2.75) is 65.0 Å². The number of ether oxygens (including phenoxy) is 3. The maximum atomic E-state index is 16.2. The predicted molar refractivity (Wildman–Crippen MR) is 147 cm³/mol. The van der Waals surface area contributed by atoms with Crippen LogP contribution in [-0.4, -0.2) is 74.6 Å². The molecule has 0 aliphatic rings. The zero-order valence-corrected chi connectivity index (χ0v) is 24.7. The lowest BCUT2D eigenvalue weighted by molar-refractivity contribution is -0.259. The standard InChI is InChI=1S/C25H35F2N6O8P/c1-6-37-22-20-21(30-24(28)31-22)33(14-29-20)19(12-26)40-25(27,17(5)34)13-38-42(36,41-18-10-8-7-9-11-18)32-16(4)23(35)39-15(2)3/h7-11,14-17,19,34H,6,12-13H2,1-5H3,(H,32,36)(H2,28,30,31)/t16?,17-,19+,25+,42-/m0/s1. The van der Waals surface area contributed by atoms with E-state index >= 15 is 4.39 Å². The number of nitrogens with two attached hydrogens (primary N) is 1. The van der Waals surface area contributed by atoms with Gasteiger partial charge in [0.1, 0.15) is 31.2 Å². The lowest BCUT2D eigenvalue weighted by Gasteiger charge is -2.33. The van der Waals surface area contributed by atoms with Crippen LogP contribution in [0.1, 0.15) is 40.8 Å². The summed E-state index contributed by atoms with van der Waals surface area (Å²) in [5.41, 5.74) is 5.83. The van der Waals surface area contributed by atoms with Crippen LogP contribution in [0.4, 0.5) is 14.7 Å². The van der Waals surface area contributed by atoms with E-state index in [1.54, 1.807) is 39.0 Å². The number of nitrogen functional groups attached to an aromatic ring is 1. The fourth-order valence-electron chi connectivity index (χ4n) is 3.50. The largest absolute Gasteiger partial charge is 0.476 e. The Morgan fingerprint density at radius 2 is 1.90 bits per heavy atom. The number of esters is 1. The van der Waals surface area contributed by atoms with E-state index in [1.807, 2.05) is 0 Å². The molecule has 0 saturated heterocycles. The van der Waals surface area contributed by atoms with Gasteiger partial charge >= 0.3 is 13.7 Å². The number of fused-ring (bicyclic) bond motifs is 1. The van der Waals surface area contributed by atoms with Crippen LogP contribution >= 0.6 is 7.75 Å². The van der Waals surface area contributed by atoms with E-state index < -0.39 is 57.3 Å². The van der Waals surface area contributed by atoms with Gasteiger partial charge in [0.15, 0.2) is 17.4 Å². The topological polar surface area (TPSA) is 182 Å². The van der Waals surface area contributed by atoms with Crippen molar-refractivity contribution < 1.29 is 46.5 Å². The van der Waals surface area contributed by atoms with Crippen LogP contribution in [-0.2, 0) is 23.4 Å². The van der Waals surface area contributed by atoms with Crippen LogP contribution in [0.15, 0.2) is 36.7 Å². The third kappa shape index (κ3) is 8.32. The van der Waals surface area contributed by atoms with Crippen molar-refractivity contribution >= 4 is 30.8 Å². The molecule has 42 heavy (non-hydrogen) atoms. The molecule has 0 saturated carbocycles. The zero-order chi connectivity index (χ0) is 31.1. The fraction of sp³-hybridized carbons (Fsp3) is 0.520. The fourth-order valence-corrected chi connectivity index (χ4v) is 5.01. The van der Waals surface area contributed by atoms with E-state index in [0.717, 1.165) is 17.8 Å². The van der Waals surface area contributed by atoms with E-state index in [0.29, 0.717) is 0 Å². The molecule has 2 aromatic heterocycles. The molecule has 0 aliphatic carbocycles. The number of nitrogens with zero attached hydrogens (tertiary/aromatic N) is 4. The minimum absolute atomic E-state index is 0.0249. The summed E-state index contributed by atoms with van der Waals surface area (Å²) in [5, 5.41) is 12.7. The smallest absolute Gasteiger partial charge is 0.459 e. The van der Waals surface area contributed by atoms with Gasteiger partial charge in [0.2, 0.25) is 11.8 Å². The lowest BCUT2D eigenvalue weighted by Crippen LogP contribution is -2.46. The number of aliphatic hydroxyl groups excluding tert-OH is 1. The first-order valence-electron chi connectivity index (χ1n) is 13.0. The number of nitrogens with one attached hydrogen (secondary N) is 1. The molecule has 2 heterocycles. The maximum Gasteiger partial charge on any atom is 0.459 e. The van der Waals surface area contributed by atoms with Gasteiger partial charge in [-0.1, -0.05) is 18.2 Å². The molecule has 1 aromatic carbocycles. The first-order valence-corrected chi connectivity index (χ1v) is 14.6. The summed E-state index contributed by atoms with van der Waals surface area (Å²) < 4.78 is 72.0.